The zero-order valence-corrected chi connectivity index (χ0v) is 9.36. The van der Waals surface area contributed by atoms with Crippen LogP contribution in [-0.2, 0) is 9.47 Å². The molecule has 0 bridgehead atoms. The average Bonchev–Trinajstić information content (AvgIpc) is 2.20. The van der Waals surface area contributed by atoms with E-state index in [1.165, 1.54) is 0 Å². The van der Waals surface area contributed by atoms with Gasteiger partial charge in [0, 0.05) is 32.9 Å². The molecule has 14 heavy (non-hydrogen) atoms. The predicted molar refractivity (Wildman–Crippen MR) is 59.5 cm³/mol. The van der Waals surface area contributed by atoms with Gasteiger partial charge >= 0.3 is 0 Å². The van der Waals surface area contributed by atoms with Crippen molar-refractivity contribution < 1.29 is 9.47 Å². The molecule has 0 unspecified atom stereocenters. The molecular weight excluding hydrogens is 200 g/mol. The van der Waals surface area contributed by atoms with Crippen LogP contribution in [0.2, 0.25) is 0 Å². The maximum atomic E-state index is 5.26. The van der Waals surface area contributed by atoms with E-state index in [1.54, 1.807) is 7.11 Å². The fraction of sp³-hybridized carbons (Fsp3) is 0.889. The van der Waals surface area contributed by atoms with Crippen molar-refractivity contribution >= 4 is 17.3 Å². The molecule has 0 aromatic heterocycles. The van der Waals surface area contributed by atoms with Gasteiger partial charge in [0.2, 0.25) is 0 Å². The minimum absolute atomic E-state index is 0.464. The number of methoxy groups -OCH3 is 1. The Morgan fingerprint density at radius 2 is 2.21 bits per heavy atom. The molecule has 0 radical (unpaired) electrons. The van der Waals surface area contributed by atoms with Crippen molar-refractivity contribution in [2.45, 2.75) is 18.9 Å². The Morgan fingerprint density at radius 3 is 2.86 bits per heavy atom. The number of rotatable bonds is 4. The molecule has 0 amide bonds. The van der Waals surface area contributed by atoms with Crippen LogP contribution in [-0.4, -0.2) is 44.6 Å². The van der Waals surface area contributed by atoms with E-state index in [9.17, 15) is 0 Å². The summed E-state index contributed by atoms with van der Waals surface area (Å²) in [4.78, 5) is 0. The summed E-state index contributed by atoms with van der Waals surface area (Å²) in [6, 6.07) is 0.464. The van der Waals surface area contributed by atoms with E-state index in [1.807, 2.05) is 0 Å². The lowest BCUT2D eigenvalue weighted by Gasteiger charge is -2.24. The quantitative estimate of drug-likeness (QED) is 0.524. The van der Waals surface area contributed by atoms with E-state index in [0.717, 1.165) is 32.6 Å². The van der Waals surface area contributed by atoms with Gasteiger partial charge in [-0.15, -0.1) is 0 Å². The van der Waals surface area contributed by atoms with E-state index in [-0.39, 0.29) is 0 Å². The van der Waals surface area contributed by atoms with Crippen molar-refractivity contribution in [2.75, 3.05) is 33.5 Å². The van der Waals surface area contributed by atoms with Crippen LogP contribution in [0.5, 0.6) is 0 Å². The highest BCUT2D eigenvalue weighted by molar-refractivity contribution is 7.80. The first-order valence-electron chi connectivity index (χ1n) is 4.94. The van der Waals surface area contributed by atoms with Crippen LogP contribution in [0.1, 0.15) is 12.8 Å². The third kappa shape index (κ3) is 4.74. The molecule has 1 fully saturated rings. The largest absolute Gasteiger partial charge is 0.383 e. The summed E-state index contributed by atoms with van der Waals surface area (Å²) < 4.78 is 10.2. The molecule has 0 aliphatic carbocycles. The van der Waals surface area contributed by atoms with Crippen LogP contribution >= 0.6 is 12.2 Å². The first-order valence-corrected chi connectivity index (χ1v) is 5.35. The van der Waals surface area contributed by atoms with Crippen LogP contribution in [0.4, 0.5) is 0 Å². The Morgan fingerprint density at radius 1 is 1.50 bits per heavy atom. The Kier molecular flexibility index (Phi) is 5.82. The van der Waals surface area contributed by atoms with Crippen molar-refractivity contribution in [3.8, 4) is 0 Å². The first-order chi connectivity index (χ1) is 6.83. The van der Waals surface area contributed by atoms with Gasteiger partial charge in [0.05, 0.1) is 6.61 Å². The lowest BCUT2D eigenvalue weighted by Crippen LogP contribution is -2.45. The second kappa shape index (κ2) is 6.98. The normalized spacial score (nSPS) is 17.8. The molecule has 1 saturated heterocycles. The molecule has 1 aliphatic rings. The van der Waals surface area contributed by atoms with Gasteiger partial charge in [0.25, 0.3) is 0 Å². The molecule has 4 nitrogen and oxygen atoms in total. The summed E-state index contributed by atoms with van der Waals surface area (Å²) in [7, 11) is 1.68. The van der Waals surface area contributed by atoms with Gasteiger partial charge in [-0.1, -0.05) is 0 Å². The molecule has 5 heteroatoms. The maximum absolute atomic E-state index is 5.26. The highest BCUT2D eigenvalue weighted by Gasteiger charge is 2.13. The molecule has 1 aliphatic heterocycles. The minimum atomic E-state index is 0.464. The fourth-order valence-electron chi connectivity index (χ4n) is 1.34. The number of hydrogen-bond donors (Lipinski definition) is 2. The standard InChI is InChI=1S/C9H18N2O2S/c1-12-7-4-10-9(14)11-8-2-5-13-6-3-8/h8H,2-7H2,1H3,(H2,10,11,14). The van der Waals surface area contributed by atoms with Crippen LogP contribution in [0.25, 0.3) is 0 Å². The van der Waals surface area contributed by atoms with E-state index in [4.69, 9.17) is 21.7 Å². The monoisotopic (exact) mass is 218 g/mol. The Bertz CT molecular complexity index is 172. The SMILES string of the molecule is COCCNC(=S)NC1CCOCC1. The van der Waals surface area contributed by atoms with Gasteiger partial charge in [0.1, 0.15) is 0 Å². The zero-order valence-electron chi connectivity index (χ0n) is 8.54. The molecule has 2 N–H and O–H groups in total. The Labute approximate surface area is 90.3 Å². The molecule has 0 saturated carbocycles. The molecular formula is C9H18N2O2S. The third-order valence-corrected chi connectivity index (χ3v) is 2.41. The second-order valence-corrected chi connectivity index (χ2v) is 3.69. The summed E-state index contributed by atoms with van der Waals surface area (Å²) in [6.45, 7) is 3.10. The summed E-state index contributed by atoms with van der Waals surface area (Å²) in [5.41, 5.74) is 0. The van der Waals surface area contributed by atoms with E-state index >= 15 is 0 Å². The molecule has 0 spiro atoms. The molecule has 0 atom stereocenters. The number of hydrogen-bond acceptors (Lipinski definition) is 3. The summed E-state index contributed by atoms with van der Waals surface area (Å²) >= 11 is 5.13. The predicted octanol–water partition coefficient (Wildman–Crippen LogP) is 0.276. The van der Waals surface area contributed by atoms with E-state index in [2.05, 4.69) is 10.6 Å². The lowest BCUT2D eigenvalue weighted by atomic mass is 10.1. The minimum Gasteiger partial charge on any atom is -0.383 e. The zero-order chi connectivity index (χ0) is 10.2. The number of nitrogens with one attached hydrogen (secondary N) is 2. The smallest absolute Gasteiger partial charge is 0.166 e. The van der Waals surface area contributed by atoms with Crippen molar-refractivity contribution in [3.05, 3.63) is 0 Å². The molecule has 0 aromatic carbocycles. The number of thiocarbonyl (C=S) groups is 1. The Hall–Kier alpha value is -0.390. The molecule has 1 rings (SSSR count). The van der Waals surface area contributed by atoms with Gasteiger partial charge in [-0.05, 0) is 25.1 Å². The van der Waals surface area contributed by atoms with Gasteiger partial charge < -0.3 is 20.1 Å². The second-order valence-electron chi connectivity index (χ2n) is 3.28. The van der Waals surface area contributed by atoms with E-state index < -0.39 is 0 Å². The van der Waals surface area contributed by atoms with Gasteiger partial charge in [0.15, 0.2) is 5.11 Å². The van der Waals surface area contributed by atoms with Gasteiger partial charge in [-0.3, -0.25) is 0 Å². The fourth-order valence-corrected chi connectivity index (χ4v) is 1.61. The average molecular weight is 218 g/mol. The third-order valence-electron chi connectivity index (χ3n) is 2.15. The first kappa shape index (κ1) is 11.7. The van der Waals surface area contributed by atoms with Crippen molar-refractivity contribution in [2.24, 2.45) is 0 Å². The van der Waals surface area contributed by atoms with Gasteiger partial charge in [-0.2, -0.15) is 0 Å². The maximum Gasteiger partial charge on any atom is 0.166 e. The topological polar surface area (TPSA) is 42.5 Å². The van der Waals surface area contributed by atoms with Gasteiger partial charge in [-0.25, -0.2) is 0 Å². The van der Waals surface area contributed by atoms with Crippen molar-refractivity contribution in [3.63, 3.8) is 0 Å². The van der Waals surface area contributed by atoms with Crippen molar-refractivity contribution in [1.29, 1.82) is 0 Å². The van der Waals surface area contributed by atoms with Crippen molar-refractivity contribution in [1.82, 2.24) is 10.6 Å². The highest BCUT2D eigenvalue weighted by atomic mass is 32.1. The number of ether oxygens (including phenoxy) is 2. The Balaban J connectivity index is 2.06. The van der Waals surface area contributed by atoms with E-state index in [0.29, 0.717) is 17.8 Å². The highest BCUT2D eigenvalue weighted by Crippen LogP contribution is 2.05. The summed E-state index contributed by atoms with van der Waals surface area (Å²) in [5.74, 6) is 0. The molecule has 82 valence electrons. The lowest BCUT2D eigenvalue weighted by molar-refractivity contribution is 0.0823. The van der Waals surface area contributed by atoms with Crippen LogP contribution in [0, 0.1) is 0 Å². The summed E-state index contributed by atoms with van der Waals surface area (Å²) in [5, 5.41) is 7.06. The van der Waals surface area contributed by atoms with Crippen LogP contribution in [0.15, 0.2) is 0 Å². The summed E-state index contributed by atoms with van der Waals surface area (Å²) in [6.07, 6.45) is 2.07. The molecule has 1 heterocycles. The van der Waals surface area contributed by atoms with Crippen LogP contribution < -0.4 is 10.6 Å². The molecule has 0 aromatic rings. The van der Waals surface area contributed by atoms with Crippen LogP contribution in [0.3, 0.4) is 0 Å².